The van der Waals surface area contributed by atoms with Crippen LogP contribution in [0.25, 0.3) is 0 Å². The Morgan fingerprint density at radius 3 is 2.64 bits per heavy atom. The number of carbonyl (C=O) groups is 1. The molecule has 1 unspecified atom stereocenters. The van der Waals surface area contributed by atoms with Crippen molar-refractivity contribution in [3.63, 3.8) is 0 Å². The SMILES string of the molecule is O=C(C1CCCCO1)N(Cc1ccccn1)C1CCCCC1. The molecule has 0 spiro atoms. The van der Waals surface area contributed by atoms with E-state index in [-0.39, 0.29) is 12.0 Å². The molecule has 1 aliphatic carbocycles. The molecule has 2 heterocycles. The smallest absolute Gasteiger partial charge is 0.252 e. The summed E-state index contributed by atoms with van der Waals surface area (Å²) >= 11 is 0. The molecule has 0 radical (unpaired) electrons. The lowest BCUT2D eigenvalue weighted by Crippen LogP contribution is -2.47. The maximum absolute atomic E-state index is 13.0. The zero-order chi connectivity index (χ0) is 15.2. The minimum absolute atomic E-state index is 0.178. The van der Waals surface area contributed by atoms with Crippen molar-refractivity contribution in [3.8, 4) is 0 Å². The number of hydrogen-bond donors (Lipinski definition) is 0. The molecule has 120 valence electrons. The van der Waals surface area contributed by atoms with Crippen LogP contribution in [0.4, 0.5) is 0 Å². The molecule has 0 N–H and O–H groups in total. The quantitative estimate of drug-likeness (QED) is 0.857. The molecule has 2 aliphatic rings. The van der Waals surface area contributed by atoms with E-state index in [9.17, 15) is 4.79 Å². The van der Waals surface area contributed by atoms with Crippen LogP contribution in [0, 0.1) is 0 Å². The van der Waals surface area contributed by atoms with Gasteiger partial charge in [-0.3, -0.25) is 9.78 Å². The number of ether oxygens (including phenoxy) is 1. The molecular formula is C18H26N2O2. The van der Waals surface area contributed by atoms with E-state index < -0.39 is 0 Å². The van der Waals surface area contributed by atoms with Gasteiger partial charge < -0.3 is 9.64 Å². The lowest BCUT2D eigenvalue weighted by molar-refractivity contribution is -0.150. The molecule has 1 aromatic heterocycles. The topological polar surface area (TPSA) is 42.4 Å². The maximum Gasteiger partial charge on any atom is 0.252 e. The van der Waals surface area contributed by atoms with Gasteiger partial charge in [-0.1, -0.05) is 25.3 Å². The maximum atomic E-state index is 13.0. The van der Waals surface area contributed by atoms with Gasteiger partial charge in [-0.15, -0.1) is 0 Å². The Bertz CT molecular complexity index is 465. The Morgan fingerprint density at radius 2 is 1.95 bits per heavy atom. The van der Waals surface area contributed by atoms with E-state index in [1.165, 1.54) is 19.3 Å². The Labute approximate surface area is 132 Å². The van der Waals surface area contributed by atoms with Gasteiger partial charge in [0, 0.05) is 18.8 Å². The molecule has 1 aliphatic heterocycles. The first kappa shape index (κ1) is 15.5. The van der Waals surface area contributed by atoms with Crippen LogP contribution in [0.1, 0.15) is 57.1 Å². The summed E-state index contributed by atoms with van der Waals surface area (Å²) in [4.78, 5) is 19.4. The van der Waals surface area contributed by atoms with Gasteiger partial charge in [-0.25, -0.2) is 0 Å². The van der Waals surface area contributed by atoms with Crippen molar-refractivity contribution in [2.24, 2.45) is 0 Å². The Hall–Kier alpha value is -1.42. The van der Waals surface area contributed by atoms with Crippen LogP contribution in [-0.2, 0) is 16.1 Å². The van der Waals surface area contributed by atoms with Gasteiger partial charge in [0.05, 0.1) is 12.2 Å². The van der Waals surface area contributed by atoms with Crippen LogP contribution >= 0.6 is 0 Å². The predicted octanol–water partition coefficient (Wildman–Crippen LogP) is 3.31. The molecule has 3 rings (SSSR count). The fourth-order valence-corrected chi connectivity index (χ4v) is 3.57. The van der Waals surface area contributed by atoms with Gasteiger partial charge >= 0.3 is 0 Å². The predicted molar refractivity (Wildman–Crippen MR) is 85.3 cm³/mol. The van der Waals surface area contributed by atoms with E-state index in [2.05, 4.69) is 9.88 Å². The molecule has 0 bridgehead atoms. The molecule has 1 amide bonds. The van der Waals surface area contributed by atoms with Gasteiger partial charge in [0.2, 0.25) is 0 Å². The van der Waals surface area contributed by atoms with E-state index in [0.29, 0.717) is 12.6 Å². The van der Waals surface area contributed by atoms with Crippen LogP contribution in [0.15, 0.2) is 24.4 Å². The molecule has 1 atom stereocenters. The average molecular weight is 302 g/mol. The van der Waals surface area contributed by atoms with Crippen molar-refractivity contribution < 1.29 is 9.53 Å². The lowest BCUT2D eigenvalue weighted by atomic mass is 9.93. The summed E-state index contributed by atoms with van der Waals surface area (Å²) in [5.74, 6) is 0.178. The molecule has 22 heavy (non-hydrogen) atoms. The molecule has 1 saturated carbocycles. The van der Waals surface area contributed by atoms with Crippen LogP contribution in [0.5, 0.6) is 0 Å². The Morgan fingerprint density at radius 1 is 1.14 bits per heavy atom. The summed E-state index contributed by atoms with van der Waals surface area (Å²) in [7, 11) is 0. The van der Waals surface area contributed by atoms with Crippen LogP contribution < -0.4 is 0 Å². The van der Waals surface area contributed by atoms with Crippen LogP contribution in [-0.4, -0.2) is 34.5 Å². The first-order valence-electron chi connectivity index (χ1n) is 8.66. The number of rotatable bonds is 4. The van der Waals surface area contributed by atoms with Gasteiger partial charge in [-0.2, -0.15) is 0 Å². The van der Waals surface area contributed by atoms with Crippen molar-refractivity contribution in [1.29, 1.82) is 0 Å². The van der Waals surface area contributed by atoms with Crippen LogP contribution in [0.2, 0.25) is 0 Å². The third kappa shape index (κ3) is 3.86. The second kappa shape index (κ2) is 7.73. The minimum Gasteiger partial charge on any atom is -0.368 e. The monoisotopic (exact) mass is 302 g/mol. The van der Waals surface area contributed by atoms with Crippen molar-refractivity contribution in [1.82, 2.24) is 9.88 Å². The van der Waals surface area contributed by atoms with Gasteiger partial charge in [0.15, 0.2) is 0 Å². The van der Waals surface area contributed by atoms with Crippen molar-refractivity contribution in [2.45, 2.75) is 70.1 Å². The minimum atomic E-state index is -0.237. The van der Waals surface area contributed by atoms with E-state index in [1.807, 2.05) is 18.2 Å². The molecule has 1 aromatic rings. The van der Waals surface area contributed by atoms with E-state index in [4.69, 9.17) is 4.74 Å². The van der Waals surface area contributed by atoms with Crippen molar-refractivity contribution >= 4 is 5.91 Å². The van der Waals surface area contributed by atoms with Gasteiger partial charge in [0.1, 0.15) is 6.10 Å². The number of aromatic nitrogens is 1. The number of nitrogens with zero attached hydrogens (tertiary/aromatic N) is 2. The van der Waals surface area contributed by atoms with Gasteiger partial charge in [0.25, 0.3) is 5.91 Å². The summed E-state index contributed by atoms with van der Waals surface area (Å²) in [5, 5.41) is 0. The summed E-state index contributed by atoms with van der Waals surface area (Å²) in [6.07, 6.45) is 10.6. The van der Waals surface area contributed by atoms with Crippen molar-refractivity contribution in [2.75, 3.05) is 6.61 Å². The number of amides is 1. The normalized spacial score (nSPS) is 23.2. The second-order valence-corrected chi connectivity index (χ2v) is 6.43. The average Bonchev–Trinajstić information content (AvgIpc) is 2.61. The zero-order valence-corrected chi connectivity index (χ0v) is 13.2. The standard InChI is InChI=1S/C18H26N2O2/c21-18(17-11-5-7-13-22-17)20(16-9-2-1-3-10-16)14-15-8-4-6-12-19-15/h4,6,8,12,16-17H,1-3,5,7,9-11,13-14H2. The third-order valence-electron chi connectivity index (χ3n) is 4.81. The highest BCUT2D eigenvalue weighted by Gasteiger charge is 2.32. The molecule has 2 fully saturated rings. The van der Waals surface area contributed by atoms with Crippen LogP contribution in [0.3, 0.4) is 0 Å². The number of carbonyl (C=O) groups excluding carboxylic acids is 1. The Balaban J connectivity index is 1.73. The van der Waals surface area contributed by atoms with E-state index in [1.54, 1.807) is 6.20 Å². The highest BCUT2D eigenvalue weighted by Crippen LogP contribution is 2.26. The number of hydrogen-bond acceptors (Lipinski definition) is 3. The summed E-state index contributed by atoms with van der Waals surface area (Å²) < 4.78 is 5.74. The molecular weight excluding hydrogens is 276 g/mol. The largest absolute Gasteiger partial charge is 0.368 e. The van der Waals surface area contributed by atoms with Gasteiger partial charge in [-0.05, 0) is 44.2 Å². The summed E-state index contributed by atoms with van der Waals surface area (Å²) in [6, 6.07) is 6.27. The molecule has 4 nitrogen and oxygen atoms in total. The van der Waals surface area contributed by atoms with E-state index >= 15 is 0 Å². The number of pyridine rings is 1. The lowest BCUT2D eigenvalue weighted by Gasteiger charge is -2.37. The Kier molecular flexibility index (Phi) is 5.43. The summed E-state index contributed by atoms with van der Waals surface area (Å²) in [5.41, 5.74) is 0.970. The molecule has 1 saturated heterocycles. The third-order valence-corrected chi connectivity index (χ3v) is 4.81. The molecule has 0 aromatic carbocycles. The second-order valence-electron chi connectivity index (χ2n) is 6.43. The highest BCUT2D eigenvalue weighted by atomic mass is 16.5. The van der Waals surface area contributed by atoms with E-state index in [0.717, 1.165) is 44.4 Å². The zero-order valence-electron chi connectivity index (χ0n) is 13.2. The van der Waals surface area contributed by atoms with Crippen molar-refractivity contribution in [3.05, 3.63) is 30.1 Å². The fourth-order valence-electron chi connectivity index (χ4n) is 3.57. The first-order chi connectivity index (χ1) is 10.8. The summed E-state index contributed by atoms with van der Waals surface area (Å²) in [6.45, 7) is 1.34. The fraction of sp³-hybridized carbons (Fsp3) is 0.667. The first-order valence-corrected chi connectivity index (χ1v) is 8.66. The highest BCUT2D eigenvalue weighted by molar-refractivity contribution is 5.81. The molecule has 4 heteroatoms.